The van der Waals surface area contributed by atoms with Crippen molar-refractivity contribution in [2.24, 2.45) is 11.5 Å². The highest BCUT2D eigenvalue weighted by Gasteiger charge is 2.39. The van der Waals surface area contributed by atoms with Crippen LogP contribution < -0.4 is 22.1 Å². The van der Waals surface area contributed by atoms with Crippen molar-refractivity contribution in [2.75, 3.05) is 13.1 Å². The summed E-state index contributed by atoms with van der Waals surface area (Å²) in [6.07, 6.45) is 0.458. The van der Waals surface area contributed by atoms with E-state index in [2.05, 4.69) is 10.6 Å². The van der Waals surface area contributed by atoms with Crippen molar-refractivity contribution >= 4 is 35.6 Å². The molecular formula is C20H33N5O9. The molecule has 0 bridgehead atoms. The van der Waals surface area contributed by atoms with Crippen LogP contribution in [0.3, 0.4) is 0 Å². The van der Waals surface area contributed by atoms with Crippen molar-refractivity contribution in [3.05, 3.63) is 0 Å². The number of carboxylic acids is 3. The third-order valence-corrected chi connectivity index (χ3v) is 5.39. The maximum atomic E-state index is 13.1. The van der Waals surface area contributed by atoms with E-state index in [1.165, 1.54) is 4.90 Å². The quantitative estimate of drug-likeness (QED) is 0.122. The molecule has 0 aromatic rings. The van der Waals surface area contributed by atoms with Crippen LogP contribution in [0.2, 0.25) is 0 Å². The first-order chi connectivity index (χ1) is 16.0. The Morgan fingerprint density at radius 1 is 0.941 bits per heavy atom. The summed E-state index contributed by atoms with van der Waals surface area (Å²) in [5, 5.41) is 31.9. The predicted octanol–water partition coefficient (Wildman–Crippen LogP) is -2.17. The van der Waals surface area contributed by atoms with Crippen molar-refractivity contribution in [2.45, 2.75) is 75.5 Å². The number of nitrogens with two attached hydrogens (primary N) is 2. The standard InChI is InChI=1S/C20H33N5O9/c21-8-2-1-4-13(20(33)34)24-18(31)14-5-3-9-25(14)19(32)12(6-7-15(26)27)23-17(30)11(22)10-16(28)29/h11-14H,1-10,21-22H2,(H,23,30)(H,24,31)(H,26,27)(H,28,29)(H,33,34). The van der Waals surface area contributed by atoms with Crippen LogP contribution >= 0.6 is 0 Å². The van der Waals surface area contributed by atoms with Gasteiger partial charge in [-0.25, -0.2) is 4.79 Å². The van der Waals surface area contributed by atoms with E-state index in [4.69, 9.17) is 21.7 Å². The highest BCUT2D eigenvalue weighted by molar-refractivity contribution is 5.95. The van der Waals surface area contributed by atoms with Crippen LogP contribution in [0.4, 0.5) is 0 Å². The summed E-state index contributed by atoms with van der Waals surface area (Å²) >= 11 is 0. The normalized spacial score (nSPS) is 17.9. The molecule has 1 saturated heterocycles. The minimum absolute atomic E-state index is 0.141. The van der Waals surface area contributed by atoms with Crippen molar-refractivity contribution in [1.82, 2.24) is 15.5 Å². The van der Waals surface area contributed by atoms with E-state index in [0.717, 1.165) is 0 Å². The number of nitrogens with zero attached hydrogens (tertiary/aromatic N) is 1. The van der Waals surface area contributed by atoms with Gasteiger partial charge in [-0.1, -0.05) is 0 Å². The largest absolute Gasteiger partial charge is 0.481 e. The molecule has 0 aliphatic carbocycles. The van der Waals surface area contributed by atoms with Crippen LogP contribution in [-0.2, 0) is 28.8 Å². The summed E-state index contributed by atoms with van der Waals surface area (Å²) in [6.45, 7) is 0.521. The maximum absolute atomic E-state index is 13.1. The Hall–Kier alpha value is -3.26. The molecule has 1 aliphatic heterocycles. The second-order valence-corrected chi connectivity index (χ2v) is 8.07. The minimum atomic E-state index is -1.46. The number of aliphatic carboxylic acids is 3. The Bertz CT molecular complexity index is 776. The number of nitrogens with one attached hydrogen (secondary N) is 2. The fraction of sp³-hybridized carbons (Fsp3) is 0.700. The molecule has 0 aromatic heterocycles. The highest BCUT2D eigenvalue weighted by atomic mass is 16.4. The van der Waals surface area contributed by atoms with Crippen molar-refractivity contribution < 1.29 is 44.1 Å². The summed E-state index contributed by atoms with van der Waals surface area (Å²) in [7, 11) is 0. The summed E-state index contributed by atoms with van der Waals surface area (Å²) < 4.78 is 0. The average molecular weight is 488 g/mol. The van der Waals surface area contributed by atoms with Gasteiger partial charge >= 0.3 is 17.9 Å². The molecule has 34 heavy (non-hydrogen) atoms. The van der Waals surface area contributed by atoms with Crippen LogP contribution in [0.5, 0.6) is 0 Å². The molecule has 192 valence electrons. The molecule has 4 atom stereocenters. The molecule has 0 spiro atoms. The second-order valence-electron chi connectivity index (χ2n) is 8.07. The van der Waals surface area contributed by atoms with Crippen LogP contribution in [0.25, 0.3) is 0 Å². The lowest BCUT2D eigenvalue weighted by atomic mass is 10.1. The molecule has 0 radical (unpaired) electrons. The van der Waals surface area contributed by atoms with Gasteiger partial charge in [0.15, 0.2) is 0 Å². The van der Waals surface area contributed by atoms with Crippen molar-refractivity contribution in [1.29, 1.82) is 0 Å². The lowest BCUT2D eigenvalue weighted by Gasteiger charge is -2.29. The van der Waals surface area contributed by atoms with E-state index < -0.39 is 72.6 Å². The van der Waals surface area contributed by atoms with E-state index in [1.807, 2.05) is 0 Å². The van der Waals surface area contributed by atoms with Crippen LogP contribution in [-0.4, -0.2) is 93.1 Å². The van der Waals surface area contributed by atoms with Crippen molar-refractivity contribution in [3.8, 4) is 0 Å². The van der Waals surface area contributed by atoms with Crippen molar-refractivity contribution in [3.63, 3.8) is 0 Å². The van der Waals surface area contributed by atoms with Gasteiger partial charge in [-0.2, -0.15) is 0 Å². The van der Waals surface area contributed by atoms with E-state index in [9.17, 15) is 33.9 Å². The Labute approximate surface area is 196 Å². The van der Waals surface area contributed by atoms with Gasteiger partial charge in [0.1, 0.15) is 18.1 Å². The first kappa shape index (κ1) is 28.8. The zero-order valence-corrected chi connectivity index (χ0v) is 18.8. The number of carbonyl (C=O) groups excluding carboxylic acids is 3. The molecule has 0 saturated carbocycles. The number of unbranched alkanes of at least 4 members (excludes halogenated alkanes) is 1. The number of carboxylic acid groups (broad SMARTS) is 3. The molecular weight excluding hydrogens is 454 g/mol. The summed E-state index contributed by atoms with van der Waals surface area (Å²) in [4.78, 5) is 72.6. The summed E-state index contributed by atoms with van der Waals surface area (Å²) in [6, 6.07) is -4.97. The Morgan fingerprint density at radius 3 is 2.18 bits per heavy atom. The number of amides is 3. The number of hydrogen-bond acceptors (Lipinski definition) is 8. The third kappa shape index (κ3) is 9.31. The molecule has 1 heterocycles. The fourth-order valence-corrected chi connectivity index (χ4v) is 3.61. The highest BCUT2D eigenvalue weighted by Crippen LogP contribution is 2.20. The molecule has 1 aliphatic rings. The molecule has 4 unspecified atom stereocenters. The molecule has 14 nitrogen and oxygen atoms in total. The number of likely N-dealkylation sites (tertiary alicyclic amines) is 1. The summed E-state index contributed by atoms with van der Waals surface area (Å²) in [5.74, 6) is -6.12. The monoisotopic (exact) mass is 487 g/mol. The van der Waals surface area contributed by atoms with Crippen LogP contribution in [0, 0.1) is 0 Å². The van der Waals surface area contributed by atoms with Gasteiger partial charge in [-0.15, -0.1) is 0 Å². The first-order valence-corrected chi connectivity index (χ1v) is 11.0. The van der Waals surface area contributed by atoms with Gasteiger partial charge < -0.3 is 42.3 Å². The topological polar surface area (TPSA) is 242 Å². The van der Waals surface area contributed by atoms with Gasteiger partial charge in [0, 0.05) is 13.0 Å². The summed E-state index contributed by atoms with van der Waals surface area (Å²) in [5.41, 5.74) is 10.9. The smallest absolute Gasteiger partial charge is 0.326 e. The Kier molecular flexibility index (Phi) is 11.9. The lowest BCUT2D eigenvalue weighted by molar-refractivity contribution is -0.145. The van der Waals surface area contributed by atoms with E-state index in [0.29, 0.717) is 25.8 Å². The zero-order chi connectivity index (χ0) is 25.8. The predicted molar refractivity (Wildman–Crippen MR) is 116 cm³/mol. The molecule has 14 heteroatoms. The van der Waals surface area contributed by atoms with Gasteiger partial charge in [0.25, 0.3) is 0 Å². The molecule has 9 N–H and O–H groups in total. The molecule has 3 amide bonds. The van der Waals surface area contributed by atoms with Crippen LogP contribution in [0.15, 0.2) is 0 Å². The molecule has 1 rings (SSSR count). The SMILES string of the molecule is NCCCCC(NC(=O)C1CCCN1C(=O)C(CCC(=O)O)NC(=O)C(N)CC(=O)O)C(=O)O. The number of hydrogen-bond donors (Lipinski definition) is 7. The van der Waals surface area contributed by atoms with Gasteiger partial charge in [0.05, 0.1) is 12.5 Å². The fourth-order valence-electron chi connectivity index (χ4n) is 3.61. The third-order valence-electron chi connectivity index (χ3n) is 5.39. The maximum Gasteiger partial charge on any atom is 0.326 e. The lowest BCUT2D eigenvalue weighted by Crippen LogP contribution is -2.57. The zero-order valence-electron chi connectivity index (χ0n) is 18.8. The number of rotatable bonds is 15. The second kappa shape index (κ2) is 14.1. The average Bonchev–Trinajstić information content (AvgIpc) is 3.24. The van der Waals surface area contributed by atoms with Crippen LogP contribution in [0.1, 0.15) is 51.4 Å². The van der Waals surface area contributed by atoms with Gasteiger partial charge in [-0.3, -0.25) is 24.0 Å². The van der Waals surface area contributed by atoms with Gasteiger partial charge in [0.2, 0.25) is 17.7 Å². The Balaban J connectivity index is 2.94. The molecule has 0 aromatic carbocycles. The number of carbonyl (C=O) groups is 6. The van der Waals surface area contributed by atoms with Gasteiger partial charge in [-0.05, 0) is 45.1 Å². The minimum Gasteiger partial charge on any atom is -0.481 e. The first-order valence-electron chi connectivity index (χ1n) is 11.0. The van der Waals surface area contributed by atoms with E-state index >= 15 is 0 Å². The van der Waals surface area contributed by atoms with E-state index in [1.54, 1.807) is 0 Å². The Morgan fingerprint density at radius 2 is 1.62 bits per heavy atom. The molecule has 1 fully saturated rings. The van der Waals surface area contributed by atoms with E-state index in [-0.39, 0.29) is 25.8 Å².